The third-order valence-electron chi connectivity index (χ3n) is 9.41. The van der Waals surface area contributed by atoms with Crippen molar-refractivity contribution in [3.63, 3.8) is 0 Å². The Labute approximate surface area is 333 Å². The van der Waals surface area contributed by atoms with E-state index in [1.54, 1.807) is 121 Å². The molecule has 2 saturated heterocycles. The lowest BCUT2D eigenvalue weighted by Gasteiger charge is -2.29. The molecule has 0 amide bonds. The summed E-state index contributed by atoms with van der Waals surface area (Å²) in [5.74, 6) is -2.81. The van der Waals surface area contributed by atoms with Gasteiger partial charge in [-0.2, -0.15) is 0 Å². The summed E-state index contributed by atoms with van der Waals surface area (Å²) in [4.78, 5) is 53.0. The van der Waals surface area contributed by atoms with Crippen LogP contribution in [0.3, 0.4) is 0 Å². The SMILES string of the molecule is O=C(OC[C@H]1O[C@H](O[C@H]2[C@H](OC(=O)c3ccccc3)[C@@H](O)O[C@@H]2COC(=O)c2ccccc2)[C@@H](OCc2ccccc2)[C@@H]1OC(=O)c1ccccc1)c1ccccc1. The van der Waals surface area contributed by atoms with E-state index < -0.39 is 79.7 Å². The van der Waals surface area contributed by atoms with Gasteiger partial charge in [-0.3, -0.25) is 0 Å². The van der Waals surface area contributed by atoms with Crippen molar-refractivity contribution in [3.8, 4) is 0 Å². The zero-order valence-corrected chi connectivity index (χ0v) is 31.0. The molecule has 7 rings (SSSR count). The number of carbonyl (C=O) groups is 4. The Hall–Kier alpha value is -6.22. The van der Waals surface area contributed by atoms with E-state index in [-0.39, 0.29) is 35.5 Å². The molecule has 13 heteroatoms. The maximum Gasteiger partial charge on any atom is 0.338 e. The number of hydrogen-bond donors (Lipinski definition) is 1. The van der Waals surface area contributed by atoms with E-state index in [0.29, 0.717) is 0 Å². The summed E-state index contributed by atoms with van der Waals surface area (Å²) in [6, 6.07) is 42.2. The van der Waals surface area contributed by atoms with Crippen molar-refractivity contribution < 1.29 is 62.2 Å². The number of aliphatic hydroxyl groups is 1. The third-order valence-corrected chi connectivity index (χ3v) is 9.41. The van der Waals surface area contributed by atoms with Crippen LogP contribution in [0.15, 0.2) is 152 Å². The number of rotatable bonds is 15. The Morgan fingerprint density at radius 1 is 0.466 bits per heavy atom. The van der Waals surface area contributed by atoms with Crippen molar-refractivity contribution in [2.45, 2.75) is 55.8 Å². The van der Waals surface area contributed by atoms with Crippen molar-refractivity contribution in [1.29, 1.82) is 0 Å². The number of hydrogen-bond acceptors (Lipinski definition) is 13. The van der Waals surface area contributed by atoms with Crippen molar-refractivity contribution in [2.75, 3.05) is 13.2 Å². The number of benzene rings is 5. The molecule has 13 nitrogen and oxygen atoms in total. The molecule has 0 unspecified atom stereocenters. The average Bonchev–Trinajstić information content (AvgIpc) is 3.75. The largest absolute Gasteiger partial charge is 0.459 e. The lowest BCUT2D eigenvalue weighted by Crippen LogP contribution is -2.46. The van der Waals surface area contributed by atoms with Crippen LogP contribution < -0.4 is 0 Å². The maximum atomic E-state index is 13.6. The number of esters is 4. The lowest BCUT2D eigenvalue weighted by atomic mass is 10.1. The molecule has 2 aliphatic heterocycles. The minimum atomic E-state index is -1.72. The van der Waals surface area contributed by atoms with Gasteiger partial charge in [-0.05, 0) is 54.1 Å². The fourth-order valence-electron chi connectivity index (χ4n) is 6.47. The van der Waals surface area contributed by atoms with Gasteiger partial charge in [0.05, 0.1) is 28.9 Å². The predicted octanol–water partition coefficient (Wildman–Crippen LogP) is 5.56. The fourth-order valence-corrected chi connectivity index (χ4v) is 6.47. The molecule has 5 aromatic rings. The average molecular weight is 789 g/mol. The lowest BCUT2D eigenvalue weighted by molar-refractivity contribution is -0.224. The van der Waals surface area contributed by atoms with Gasteiger partial charge in [-0.25, -0.2) is 19.2 Å². The van der Waals surface area contributed by atoms with Gasteiger partial charge in [0.1, 0.15) is 37.6 Å². The number of aliphatic hydroxyl groups excluding tert-OH is 1. The van der Waals surface area contributed by atoms with E-state index in [9.17, 15) is 24.3 Å². The van der Waals surface area contributed by atoms with E-state index in [1.165, 1.54) is 0 Å². The van der Waals surface area contributed by atoms with E-state index in [0.717, 1.165) is 5.56 Å². The molecule has 0 aromatic heterocycles. The highest BCUT2D eigenvalue weighted by Gasteiger charge is 2.55. The molecule has 0 saturated carbocycles. The highest BCUT2D eigenvalue weighted by Crippen LogP contribution is 2.35. The zero-order chi connectivity index (χ0) is 40.3. The van der Waals surface area contributed by atoms with Gasteiger partial charge < -0.3 is 43.0 Å². The summed E-state index contributed by atoms with van der Waals surface area (Å²) in [6.45, 7) is -0.805. The molecule has 0 radical (unpaired) electrons. The quantitative estimate of drug-likeness (QED) is 0.104. The molecule has 0 spiro atoms. The summed E-state index contributed by atoms with van der Waals surface area (Å²) in [5.41, 5.74) is 1.77. The monoisotopic (exact) mass is 788 g/mol. The number of carbonyl (C=O) groups excluding carboxylic acids is 4. The Balaban J connectivity index is 1.19. The van der Waals surface area contributed by atoms with Crippen molar-refractivity contribution in [2.24, 2.45) is 0 Å². The normalized spacial score (nSPS) is 23.7. The summed E-state index contributed by atoms with van der Waals surface area (Å²) < 4.78 is 48.3. The summed E-state index contributed by atoms with van der Waals surface area (Å²) >= 11 is 0. The van der Waals surface area contributed by atoms with Crippen LogP contribution in [0.1, 0.15) is 47.0 Å². The van der Waals surface area contributed by atoms with E-state index in [1.807, 2.05) is 30.3 Å². The van der Waals surface area contributed by atoms with E-state index in [2.05, 4.69) is 0 Å². The van der Waals surface area contributed by atoms with Gasteiger partial charge in [0, 0.05) is 0 Å². The molecule has 2 aliphatic rings. The molecule has 0 bridgehead atoms. The van der Waals surface area contributed by atoms with Gasteiger partial charge in [0.25, 0.3) is 0 Å². The first-order valence-electron chi connectivity index (χ1n) is 18.6. The Morgan fingerprint density at radius 3 is 1.33 bits per heavy atom. The van der Waals surface area contributed by atoms with Gasteiger partial charge in [-0.15, -0.1) is 0 Å². The minimum Gasteiger partial charge on any atom is -0.459 e. The van der Waals surface area contributed by atoms with Crippen LogP contribution in [-0.4, -0.2) is 91.4 Å². The molecular weight excluding hydrogens is 748 g/mol. The van der Waals surface area contributed by atoms with Gasteiger partial charge in [0.15, 0.2) is 24.8 Å². The van der Waals surface area contributed by atoms with Gasteiger partial charge in [0.2, 0.25) is 0 Å². The van der Waals surface area contributed by atoms with Crippen molar-refractivity contribution >= 4 is 23.9 Å². The van der Waals surface area contributed by atoms with Gasteiger partial charge >= 0.3 is 23.9 Å². The van der Waals surface area contributed by atoms with Gasteiger partial charge in [-0.1, -0.05) is 103 Å². The van der Waals surface area contributed by atoms with Crippen molar-refractivity contribution in [3.05, 3.63) is 179 Å². The molecule has 5 aromatic carbocycles. The highest BCUT2D eigenvalue weighted by atomic mass is 16.8. The topological polar surface area (TPSA) is 162 Å². The van der Waals surface area contributed by atoms with Crippen LogP contribution in [-0.2, 0) is 44.5 Å². The maximum absolute atomic E-state index is 13.6. The molecule has 0 aliphatic carbocycles. The molecule has 1 N–H and O–H groups in total. The van der Waals surface area contributed by atoms with Crippen molar-refractivity contribution in [1.82, 2.24) is 0 Å². The summed E-state index contributed by atoms with van der Waals surface area (Å²) in [5, 5.41) is 11.2. The standard InChI is InChI=1S/C45H40O13/c46-40(30-18-8-2-9-19-30)52-27-34-36(38(44(50)54-34)57-43(49)33-24-14-5-15-25-33)58-45-39(51-26-29-16-6-1-7-17-29)37(56-42(48)32-22-12-4-13-23-32)35(55-45)28-53-41(47)31-20-10-3-11-21-31/h1-25,34-39,44-45,50H,26-28H2/t34-,35-,36-,37-,38+,39+,44+,45-/m1/s1. The second kappa shape index (κ2) is 19.3. The Morgan fingerprint density at radius 2 is 0.862 bits per heavy atom. The first kappa shape index (κ1) is 40.0. The molecule has 8 atom stereocenters. The number of ether oxygens (including phenoxy) is 8. The predicted molar refractivity (Wildman–Crippen MR) is 204 cm³/mol. The molecule has 2 heterocycles. The highest BCUT2D eigenvalue weighted by molar-refractivity contribution is 5.91. The fraction of sp³-hybridized carbons (Fsp3) is 0.244. The zero-order valence-electron chi connectivity index (χ0n) is 31.0. The second-order valence-electron chi connectivity index (χ2n) is 13.4. The molecule has 2 fully saturated rings. The van der Waals surface area contributed by atoms with Crippen LogP contribution >= 0.6 is 0 Å². The molecule has 298 valence electrons. The second-order valence-corrected chi connectivity index (χ2v) is 13.4. The summed E-state index contributed by atoms with van der Waals surface area (Å²) in [6.07, 6.45) is -10.7. The minimum absolute atomic E-state index is 0.0129. The van der Waals surface area contributed by atoms with Crippen LogP contribution in [0.25, 0.3) is 0 Å². The molecular formula is C45H40O13. The van der Waals surface area contributed by atoms with E-state index in [4.69, 9.17) is 37.9 Å². The first-order chi connectivity index (χ1) is 28.3. The smallest absolute Gasteiger partial charge is 0.338 e. The van der Waals surface area contributed by atoms with Crippen LogP contribution in [0, 0.1) is 0 Å². The van der Waals surface area contributed by atoms with Crippen LogP contribution in [0.2, 0.25) is 0 Å². The Bertz CT molecular complexity index is 2100. The summed E-state index contributed by atoms with van der Waals surface area (Å²) in [7, 11) is 0. The third kappa shape index (κ3) is 10.0. The van der Waals surface area contributed by atoms with Crippen LogP contribution in [0.4, 0.5) is 0 Å². The van der Waals surface area contributed by atoms with Crippen LogP contribution in [0.5, 0.6) is 0 Å². The van der Waals surface area contributed by atoms with E-state index >= 15 is 0 Å². The Kier molecular flexibility index (Phi) is 13.3. The molecule has 58 heavy (non-hydrogen) atoms. The first-order valence-corrected chi connectivity index (χ1v) is 18.6.